The normalized spacial score (nSPS) is 15.1. The maximum Gasteiger partial charge on any atom is 0.271 e. The number of nitrogens with zero attached hydrogens (tertiary/aromatic N) is 4. The smallest absolute Gasteiger partial charge is 0.271 e. The van der Waals surface area contributed by atoms with Crippen LogP contribution in [0.4, 0.5) is 4.39 Å². The topological polar surface area (TPSA) is 88.2 Å². The predicted octanol–water partition coefficient (Wildman–Crippen LogP) is 5.33. The van der Waals surface area contributed by atoms with Crippen molar-refractivity contribution in [2.45, 2.75) is 27.7 Å². The third kappa shape index (κ3) is 5.07. The van der Waals surface area contributed by atoms with Crippen LogP contribution in [0.25, 0.3) is 23.0 Å². The molecular formula is C29H27FN4O3. The van der Waals surface area contributed by atoms with Crippen LogP contribution in [0.3, 0.4) is 0 Å². The number of hydrogen-bond acceptors (Lipinski definition) is 5. The molecule has 1 aliphatic heterocycles. The van der Waals surface area contributed by atoms with Gasteiger partial charge in [0.25, 0.3) is 11.8 Å². The van der Waals surface area contributed by atoms with Gasteiger partial charge in [0, 0.05) is 29.4 Å². The maximum atomic E-state index is 14.8. The molecule has 1 aromatic heterocycles. The van der Waals surface area contributed by atoms with Gasteiger partial charge in [-0.2, -0.15) is 10.4 Å². The van der Waals surface area contributed by atoms with Crippen molar-refractivity contribution in [3.05, 3.63) is 82.8 Å². The number of carbonyl (C=O) groups excluding carboxylic acids is 2. The minimum Gasteiger partial charge on any atom is -0.491 e. The Labute approximate surface area is 215 Å². The lowest BCUT2D eigenvalue weighted by Crippen LogP contribution is -2.44. The van der Waals surface area contributed by atoms with Gasteiger partial charge in [0.2, 0.25) is 0 Å². The molecule has 0 aliphatic carbocycles. The molecule has 1 aliphatic rings. The van der Waals surface area contributed by atoms with E-state index in [2.05, 4.69) is 0 Å². The zero-order valence-electron chi connectivity index (χ0n) is 21.2. The number of aromatic nitrogens is 2. The number of para-hydroxylation sites is 1. The van der Waals surface area contributed by atoms with E-state index in [0.717, 1.165) is 10.6 Å². The predicted molar refractivity (Wildman–Crippen MR) is 138 cm³/mol. The standard InChI is InChI=1S/C29H27FN4O3/c1-5-37-26-12-11-20(14-25(26)30)27-21(17-34(32-27)22-9-7-6-8-10-22)13-23-19(4)24(15-31)29(36)33(28(23)35)16-18(2)3/h6-14,17-18H,5,16H2,1-4H3/b23-13+. The Hall–Kier alpha value is -4.51. The molecule has 2 heterocycles. The summed E-state index contributed by atoms with van der Waals surface area (Å²) in [6, 6.07) is 15.9. The Bertz CT molecular complexity index is 1460. The van der Waals surface area contributed by atoms with E-state index in [1.807, 2.05) is 50.2 Å². The summed E-state index contributed by atoms with van der Waals surface area (Å²) in [4.78, 5) is 27.4. The fourth-order valence-corrected chi connectivity index (χ4v) is 4.17. The van der Waals surface area contributed by atoms with Crippen LogP contribution in [0.15, 0.2) is 71.4 Å². The summed E-state index contributed by atoms with van der Waals surface area (Å²) < 4.78 is 21.7. The molecule has 0 fully saturated rings. The number of rotatable bonds is 7. The number of hydrogen-bond donors (Lipinski definition) is 0. The average Bonchev–Trinajstić information content (AvgIpc) is 3.30. The molecule has 188 valence electrons. The van der Waals surface area contributed by atoms with Crippen molar-refractivity contribution in [2.24, 2.45) is 5.92 Å². The van der Waals surface area contributed by atoms with E-state index in [9.17, 15) is 19.2 Å². The van der Waals surface area contributed by atoms with Gasteiger partial charge in [0.15, 0.2) is 11.6 Å². The van der Waals surface area contributed by atoms with Crippen molar-refractivity contribution in [1.29, 1.82) is 5.26 Å². The molecule has 2 amide bonds. The molecule has 0 radical (unpaired) electrons. The van der Waals surface area contributed by atoms with Crippen LogP contribution in [0.5, 0.6) is 5.75 Å². The molecule has 2 aromatic carbocycles. The van der Waals surface area contributed by atoms with Gasteiger partial charge < -0.3 is 4.74 Å². The van der Waals surface area contributed by atoms with Gasteiger partial charge in [-0.1, -0.05) is 32.0 Å². The lowest BCUT2D eigenvalue weighted by atomic mass is 9.92. The first-order chi connectivity index (χ1) is 17.7. The number of carbonyl (C=O) groups is 2. The minimum absolute atomic E-state index is 0.0238. The van der Waals surface area contributed by atoms with Crippen LogP contribution >= 0.6 is 0 Å². The summed E-state index contributed by atoms with van der Waals surface area (Å²) in [7, 11) is 0. The number of halogens is 1. The molecule has 0 saturated carbocycles. The number of nitriles is 1. The molecule has 37 heavy (non-hydrogen) atoms. The van der Waals surface area contributed by atoms with E-state index >= 15 is 0 Å². The number of imide groups is 1. The zero-order chi connectivity index (χ0) is 26.7. The van der Waals surface area contributed by atoms with Crippen LogP contribution in [0.1, 0.15) is 33.3 Å². The van der Waals surface area contributed by atoms with E-state index in [-0.39, 0.29) is 29.4 Å². The first kappa shape index (κ1) is 25.6. The summed E-state index contributed by atoms with van der Waals surface area (Å²) in [6.45, 7) is 7.67. The molecule has 0 unspecified atom stereocenters. The number of ether oxygens (including phenoxy) is 1. The Balaban J connectivity index is 1.91. The van der Waals surface area contributed by atoms with Gasteiger partial charge in [0.05, 0.1) is 12.3 Å². The molecule has 0 N–H and O–H groups in total. The highest BCUT2D eigenvalue weighted by Gasteiger charge is 2.36. The Morgan fingerprint density at radius 2 is 1.86 bits per heavy atom. The van der Waals surface area contributed by atoms with Crippen molar-refractivity contribution in [1.82, 2.24) is 14.7 Å². The molecule has 8 heteroatoms. The van der Waals surface area contributed by atoms with Crippen molar-refractivity contribution in [3.8, 4) is 28.8 Å². The van der Waals surface area contributed by atoms with Gasteiger partial charge in [-0.3, -0.25) is 14.5 Å². The fraction of sp³-hybridized carbons (Fsp3) is 0.241. The summed E-state index contributed by atoms with van der Waals surface area (Å²) in [5.74, 6) is -1.44. The third-order valence-electron chi connectivity index (χ3n) is 5.94. The van der Waals surface area contributed by atoms with Crippen LogP contribution in [0, 0.1) is 23.1 Å². The highest BCUT2D eigenvalue weighted by Crippen LogP contribution is 2.33. The molecule has 7 nitrogen and oxygen atoms in total. The second kappa shape index (κ2) is 10.6. The second-order valence-corrected chi connectivity index (χ2v) is 9.08. The summed E-state index contributed by atoms with van der Waals surface area (Å²) >= 11 is 0. The lowest BCUT2D eigenvalue weighted by molar-refractivity contribution is -0.141. The van der Waals surface area contributed by atoms with Crippen LogP contribution in [-0.2, 0) is 9.59 Å². The van der Waals surface area contributed by atoms with Gasteiger partial charge in [0.1, 0.15) is 17.3 Å². The first-order valence-electron chi connectivity index (χ1n) is 12.0. The first-order valence-corrected chi connectivity index (χ1v) is 12.0. The van der Waals surface area contributed by atoms with Crippen LogP contribution in [0.2, 0.25) is 0 Å². The minimum atomic E-state index is -0.593. The molecule has 3 aromatic rings. The molecule has 0 spiro atoms. The van der Waals surface area contributed by atoms with E-state index in [1.54, 1.807) is 42.9 Å². The van der Waals surface area contributed by atoms with Crippen LogP contribution < -0.4 is 4.74 Å². The highest BCUT2D eigenvalue weighted by atomic mass is 19.1. The molecule has 0 bridgehead atoms. The third-order valence-corrected chi connectivity index (χ3v) is 5.94. The van der Waals surface area contributed by atoms with Gasteiger partial charge in [-0.25, -0.2) is 9.07 Å². The van der Waals surface area contributed by atoms with Crippen molar-refractivity contribution in [3.63, 3.8) is 0 Å². The van der Waals surface area contributed by atoms with E-state index in [0.29, 0.717) is 29.0 Å². The van der Waals surface area contributed by atoms with Gasteiger partial charge in [-0.05, 0) is 61.7 Å². The summed E-state index contributed by atoms with van der Waals surface area (Å²) in [5.41, 5.74) is 2.68. The zero-order valence-corrected chi connectivity index (χ0v) is 21.2. The maximum absolute atomic E-state index is 14.8. The Morgan fingerprint density at radius 3 is 2.49 bits per heavy atom. The monoisotopic (exact) mass is 498 g/mol. The van der Waals surface area contributed by atoms with E-state index in [1.165, 1.54) is 6.07 Å². The van der Waals surface area contributed by atoms with Gasteiger partial charge in [-0.15, -0.1) is 0 Å². The molecule has 0 atom stereocenters. The largest absolute Gasteiger partial charge is 0.491 e. The van der Waals surface area contributed by atoms with Crippen molar-refractivity contribution < 1.29 is 18.7 Å². The number of benzene rings is 2. The van der Waals surface area contributed by atoms with E-state index < -0.39 is 17.6 Å². The molecule has 4 rings (SSSR count). The molecule has 0 saturated heterocycles. The highest BCUT2D eigenvalue weighted by molar-refractivity contribution is 6.19. The lowest BCUT2D eigenvalue weighted by Gasteiger charge is -2.28. The summed E-state index contributed by atoms with van der Waals surface area (Å²) in [5, 5.41) is 14.4. The molecular weight excluding hydrogens is 471 g/mol. The second-order valence-electron chi connectivity index (χ2n) is 9.08. The fourth-order valence-electron chi connectivity index (χ4n) is 4.17. The quantitative estimate of drug-likeness (QED) is 0.325. The van der Waals surface area contributed by atoms with Crippen molar-refractivity contribution >= 4 is 17.9 Å². The van der Waals surface area contributed by atoms with E-state index in [4.69, 9.17) is 9.84 Å². The van der Waals surface area contributed by atoms with Crippen molar-refractivity contribution in [2.75, 3.05) is 13.2 Å². The summed E-state index contributed by atoms with van der Waals surface area (Å²) in [6.07, 6.45) is 3.35. The number of amides is 2. The van der Waals surface area contributed by atoms with Crippen LogP contribution in [-0.4, -0.2) is 39.6 Å². The van der Waals surface area contributed by atoms with Gasteiger partial charge >= 0.3 is 0 Å². The Morgan fingerprint density at radius 1 is 1.14 bits per heavy atom. The SMILES string of the molecule is CCOc1ccc(-c2nn(-c3ccccc3)cc2/C=C2/C(=O)N(CC(C)C)C(=O)C(C#N)=C2C)cc1F. The Kier molecular flexibility index (Phi) is 7.35. The average molecular weight is 499 g/mol.